The number of hydrogen-bond donors (Lipinski definition) is 1. The SMILES string of the molecule is CCCNCCc1ccc(S(=O)(=O)N(CC)CC)cc1. The van der Waals surface area contributed by atoms with Gasteiger partial charge in [-0.05, 0) is 43.6 Å². The van der Waals surface area contributed by atoms with Gasteiger partial charge in [-0.2, -0.15) is 4.31 Å². The minimum atomic E-state index is -3.33. The molecule has 0 unspecified atom stereocenters. The van der Waals surface area contributed by atoms with Gasteiger partial charge in [-0.1, -0.05) is 32.9 Å². The summed E-state index contributed by atoms with van der Waals surface area (Å²) in [6.45, 7) is 8.80. The molecule has 0 aliphatic heterocycles. The summed E-state index contributed by atoms with van der Waals surface area (Å²) in [4.78, 5) is 0.381. The highest BCUT2D eigenvalue weighted by Crippen LogP contribution is 2.16. The molecule has 0 bridgehead atoms. The fraction of sp³-hybridized carbons (Fsp3) is 0.600. The van der Waals surface area contributed by atoms with Crippen LogP contribution in [0.5, 0.6) is 0 Å². The molecule has 1 aromatic rings. The van der Waals surface area contributed by atoms with Gasteiger partial charge < -0.3 is 5.32 Å². The van der Waals surface area contributed by atoms with Crippen LogP contribution in [-0.4, -0.2) is 38.9 Å². The average molecular weight is 298 g/mol. The maximum Gasteiger partial charge on any atom is 0.243 e. The van der Waals surface area contributed by atoms with Crippen molar-refractivity contribution in [3.63, 3.8) is 0 Å². The molecule has 0 spiro atoms. The van der Waals surface area contributed by atoms with E-state index in [1.165, 1.54) is 4.31 Å². The maximum absolute atomic E-state index is 12.3. The van der Waals surface area contributed by atoms with Gasteiger partial charge in [0.25, 0.3) is 0 Å². The van der Waals surface area contributed by atoms with Crippen molar-refractivity contribution in [2.24, 2.45) is 0 Å². The molecular formula is C15H26N2O2S. The quantitative estimate of drug-likeness (QED) is 0.711. The topological polar surface area (TPSA) is 49.4 Å². The standard InChI is InChI=1S/C15H26N2O2S/c1-4-12-16-13-11-14-7-9-15(10-8-14)20(18,19)17(5-2)6-3/h7-10,16H,4-6,11-13H2,1-3H3. The highest BCUT2D eigenvalue weighted by atomic mass is 32.2. The number of benzene rings is 1. The largest absolute Gasteiger partial charge is 0.316 e. The molecule has 0 saturated carbocycles. The zero-order valence-electron chi connectivity index (χ0n) is 12.7. The normalized spacial score (nSPS) is 12.0. The summed E-state index contributed by atoms with van der Waals surface area (Å²) in [6, 6.07) is 7.24. The molecule has 0 fully saturated rings. The second-order valence-electron chi connectivity index (χ2n) is 4.73. The van der Waals surface area contributed by atoms with Gasteiger partial charge in [-0.3, -0.25) is 0 Å². The molecule has 20 heavy (non-hydrogen) atoms. The van der Waals surface area contributed by atoms with Crippen molar-refractivity contribution in [1.29, 1.82) is 0 Å². The Bertz CT molecular complexity index is 479. The van der Waals surface area contributed by atoms with Gasteiger partial charge in [0, 0.05) is 13.1 Å². The zero-order valence-corrected chi connectivity index (χ0v) is 13.5. The van der Waals surface area contributed by atoms with Gasteiger partial charge in [0.05, 0.1) is 4.90 Å². The van der Waals surface area contributed by atoms with Crippen molar-refractivity contribution >= 4 is 10.0 Å². The van der Waals surface area contributed by atoms with E-state index in [-0.39, 0.29) is 0 Å². The molecule has 1 N–H and O–H groups in total. The Balaban J connectivity index is 2.71. The van der Waals surface area contributed by atoms with Gasteiger partial charge >= 0.3 is 0 Å². The first-order valence-electron chi connectivity index (χ1n) is 7.36. The molecule has 0 aliphatic carbocycles. The number of nitrogens with zero attached hydrogens (tertiary/aromatic N) is 1. The maximum atomic E-state index is 12.3. The van der Waals surface area contributed by atoms with Crippen molar-refractivity contribution < 1.29 is 8.42 Å². The molecule has 0 radical (unpaired) electrons. The number of hydrogen-bond acceptors (Lipinski definition) is 3. The van der Waals surface area contributed by atoms with Gasteiger partial charge in [0.15, 0.2) is 0 Å². The van der Waals surface area contributed by atoms with E-state index in [0.29, 0.717) is 18.0 Å². The smallest absolute Gasteiger partial charge is 0.243 e. The molecule has 0 atom stereocenters. The van der Waals surface area contributed by atoms with Crippen molar-refractivity contribution in [2.75, 3.05) is 26.2 Å². The molecule has 0 aliphatic rings. The lowest BCUT2D eigenvalue weighted by Crippen LogP contribution is -2.30. The first-order chi connectivity index (χ1) is 9.56. The number of nitrogens with one attached hydrogen (secondary N) is 1. The van der Waals surface area contributed by atoms with Crippen LogP contribution >= 0.6 is 0 Å². The van der Waals surface area contributed by atoms with Gasteiger partial charge in [-0.25, -0.2) is 8.42 Å². The van der Waals surface area contributed by atoms with Crippen LogP contribution in [0, 0.1) is 0 Å². The van der Waals surface area contributed by atoms with Gasteiger partial charge in [0.2, 0.25) is 10.0 Å². The average Bonchev–Trinajstić information content (AvgIpc) is 2.45. The van der Waals surface area contributed by atoms with Crippen LogP contribution in [0.15, 0.2) is 29.2 Å². The fourth-order valence-electron chi connectivity index (χ4n) is 2.08. The monoisotopic (exact) mass is 298 g/mol. The number of rotatable bonds is 9. The lowest BCUT2D eigenvalue weighted by Gasteiger charge is -2.18. The summed E-state index contributed by atoms with van der Waals surface area (Å²) in [7, 11) is -3.33. The Hall–Kier alpha value is -0.910. The first kappa shape index (κ1) is 17.1. The lowest BCUT2D eigenvalue weighted by molar-refractivity contribution is 0.445. The highest BCUT2D eigenvalue weighted by molar-refractivity contribution is 7.89. The molecule has 0 amide bonds. The summed E-state index contributed by atoms with van der Waals surface area (Å²) < 4.78 is 26.1. The highest BCUT2D eigenvalue weighted by Gasteiger charge is 2.20. The van der Waals surface area contributed by atoms with E-state index >= 15 is 0 Å². The van der Waals surface area contributed by atoms with Crippen LogP contribution < -0.4 is 5.32 Å². The minimum Gasteiger partial charge on any atom is -0.316 e. The zero-order chi connectivity index (χ0) is 15.0. The summed E-state index contributed by atoms with van der Waals surface area (Å²) in [5, 5.41) is 3.34. The van der Waals surface area contributed by atoms with E-state index in [9.17, 15) is 8.42 Å². The Labute approximate surface area is 123 Å². The Morgan fingerprint density at radius 2 is 1.60 bits per heavy atom. The third-order valence-corrected chi connectivity index (χ3v) is 5.35. The van der Waals surface area contributed by atoms with Crippen molar-refractivity contribution in [2.45, 2.75) is 38.5 Å². The first-order valence-corrected chi connectivity index (χ1v) is 8.80. The molecule has 1 aromatic carbocycles. The minimum absolute atomic E-state index is 0.381. The third kappa shape index (κ3) is 4.58. The number of sulfonamides is 1. The molecular weight excluding hydrogens is 272 g/mol. The Morgan fingerprint density at radius 1 is 1.00 bits per heavy atom. The summed E-state index contributed by atoms with van der Waals surface area (Å²) >= 11 is 0. The van der Waals surface area contributed by atoms with E-state index in [1.54, 1.807) is 12.1 Å². The van der Waals surface area contributed by atoms with Gasteiger partial charge in [0.1, 0.15) is 0 Å². The van der Waals surface area contributed by atoms with E-state index in [1.807, 2.05) is 26.0 Å². The van der Waals surface area contributed by atoms with E-state index in [2.05, 4.69) is 12.2 Å². The van der Waals surface area contributed by atoms with Crippen LogP contribution in [0.25, 0.3) is 0 Å². The van der Waals surface area contributed by atoms with Crippen molar-refractivity contribution in [1.82, 2.24) is 9.62 Å². The van der Waals surface area contributed by atoms with E-state index in [4.69, 9.17) is 0 Å². The van der Waals surface area contributed by atoms with Crippen LogP contribution in [-0.2, 0) is 16.4 Å². The Morgan fingerprint density at radius 3 is 2.10 bits per heavy atom. The van der Waals surface area contributed by atoms with Crippen LogP contribution in [0.2, 0.25) is 0 Å². The van der Waals surface area contributed by atoms with E-state index < -0.39 is 10.0 Å². The summed E-state index contributed by atoms with van der Waals surface area (Å²) in [5.41, 5.74) is 1.16. The second-order valence-corrected chi connectivity index (χ2v) is 6.67. The van der Waals surface area contributed by atoms with Crippen LogP contribution in [0.1, 0.15) is 32.8 Å². The fourth-order valence-corrected chi connectivity index (χ4v) is 3.53. The molecule has 0 heterocycles. The molecule has 114 valence electrons. The molecule has 4 nitrogen and oxygen atoms in total. The lowest BCUT2D eigenvalue weighted by atomic mass is 10.1. The molecule has 1 rings (SSSR count). The summed E-state index contributed by atoms with van der Waals surface area (Å²) in [6.07, 6.45) is 2.05. The molecule has 0 saturated heterocycles. The van der Waals surface area contributed by atoms with Gasteiger partial charge in [-0.15, -0.1) is 0 Å². The van der Waals surface area contributed by atoms with Crippen molar-refractivity contribution in [3.05, 3.63) is 29.8 Å². The predicted octanol–water partition coefficient (Wildman–Crippen LogP) is 2.26. The molecule has 0 aromatic heterocycles. The second kappa shape index (κ2) is 8.39. The van der Waals surface area contributed by atoms with Crippen molar-refractivity contribution in [3.8, 4) is 0 Å². The molecule has 5 heteroatoms. The third-order valence-electron chi connectivity index (χ3n) is 3.28. The van der Waals surface area contributed by atoms with Crippen LogP contribution in [0.4, 0.5) is 0 Å². The Kier molecular flexibility index (Phi) is 7.19. The van der Waals surface area contributed by atoms with Crippen LogP contribution in [0.3, 0.4) is 0 Å². The van der Waals surface area contributed by atoms with E-state index in [0.717, 1.165) is 31.5 Å². The predicted molar refractivity (Wildman–Crippen MR) is 83.4 cm³/mol. The summed E-state index contributed by atoms with van der Waals surface area (Å²) in [5.74, 6) is 0.